The number of aliphatic imine (C=N–C) groups is 1. The molecule has 4 heteroatoms. The number of unbranched alkanes of at least 4 members (excludes halogenated alkanes) is 23. The summed E-state index contributed by atoms with van der Waals surface area (Å²) >= 11 is 0. The summed E-state index contributed by atoms with van der Waals surface area (Å²) in [4.78, 5) is 16.9. The molecule has 1 aliphatic rings. The Labute approximate surface area is 269 Å². The van der Waals surface area contributed by atoms with Gasteiger partial charge in [0.15, 0.2) is 0 Å². The zero-order valence-electron chi connectivity index (χ0n) is 29.1. The number of carboxylic acid groups (broad SMARTS) is 1. The number of hydrogen-bond donors (Lipinski definition) is 1. The van der Waals surface area contributed by atoms with Gasteiger partial charge in [0.2, 0.25) is 0 Å². The first-order chi connectivity index (χ1) is 21.2. The molecule has 43 heavy (non-hydrogen) atoms. The second-order valence-electron chi connectivity index (χ2n) is 12.7. The second-order valence-corrected chi connectivity index (χ2v) is 12.7. The van der Waals surface area contributed by atoms with E-state index >= 15 is 0 Å². The molecule has 0 amide bonds. The Balaban J connectivity index is 0.000000830. The fourth-order valence-corrected chi connectivity index (χ4v) is 5.50. The van der Waals surface area contributed by atoms with Crippen molar-refractivity contribution in [3.8, 4) is 0 Å². The van der Waals surface area contributed by atoms with Crippen LogP contribution in [-0.4, -0.2) is 41.9 Å². The van der Waals surface area contributed by atoms with E-state index in [9.17, 15) is 4.79 Å². The van der Waals surface area contributed by atoms with Crippen molar-refractivity contribution in [2.24, 2.45) is 4.99 Å². The van der Waals surface area contributed by atoms with Gasteiger partial charge >= 0.3 is 5.97 Å². The molecule has 0 radical (unpaired) electrons. The van der Waals surface area contributed by atoms with E-state index < -0.39 is 5.97 Å². The first-order valence-corrected chi connectivity index (χ1v) is 19.0. The lowest BCUT2D eigenvalue weighted by Gasteiger charge is -2.12. The van der Waals surface area contributed by atoms with E-state index in [2.05, 4.69) is 48.0 Å². The van der Waals surface area contributed by atoms with Crippen LogP contribution in [0.1, 0.15) is 194 Å². The lowest BCUT2D eigenvalue weighted by Crippen LogP contribution is -2.20. The average Bonchev–Trinajstić information content (AvgIpc) is 3.53. The van der Waals surface area contributed by atoms with Crippen LogP contribution in [0.25, 0.3) is 0 Å². The number of rotatable bonds is 31. The lowest BCUT2D eigenvalue weighted by atomic mass is 10.1. The van der Waals surface area contributed by atoms with Gasteiger partial charge in [-0.2, -0.15) is 0 Å². The van der Waals surface area contributed by atoms with E-state index in [-0.39, 0.29) is 0 Å². The molecule has 1 rings (SSSR count). The van der Waals surface area contributed by atoms with Crippen LogP contribution in [0.4, 0.5) is 0 Å². The lowest BCUT2D eigenvalue weighted by molar-refractivity contribution is -0.137. The Hall–Kier alpha value is -1.58. The Kier molecular flexibility index (Phi) is 35.3. The van der Waals surface area contributed by atoms with E-state index in [0.717, 1.165) is 25.9 Å². The molecule has 0 spiro atoms. The molecule has 0 saturated carbocycles. The molecule has 0 saturated heterocycles. The molecule has 0 atom stereocenters. The number of nitrogens with zero attached hydrogens (tertiary/aromatic N) is 2. The van der Waals surface area contributed by atoms with Crippen molar-refractivity contribution in [2.45, 2.75) is 194 Å². The van der Waals surface area contributed by atoms with Crippen LogP contribution in [0.2, 0.25) is 0 Å². The van der Waals surface area contributed by atoms with Gasteiger partial charge in [0, 0.05) is 19.5 Å². The summed E-state index contributed by atoms with van der Waals surface area (Å²) in [5.74, 6) is -0.664. The zero-order valence-corrected chi connectivity index (χ0v) is 29.1. The SMILES string of the molecule is CCCCCCCCC=CCCCCCCCC(=O)O.CCCCCCCCC=CCCCCCCCCN1C=NCC1. The highest BCUT2D eigenvalue weighted by Gasteiger charge is 2.03. The standard InChI is InChI=1S/C21H40N2.C18H34O2/c1-2-3-4-5-6-7-8-9-10-11-12-13-14-15-16-17-19-23-20-18-22-21-23;1-2-3-4-5-6-7-8-9-10-11-12-13-14-15-16-17-18(19)20/h9-10,21H,2-8,11-20H2,1H3;9-10H,2-8,11-17H2,1H3,(H,19,20). The van der Waals surface area contributed by atoms with E-state index in [0.29, 0.717) is 6.42 Å². The maximum Gasteiger partial charge on any atom is 0.303 e. The molecule has 0 aromatic rings. The number of aliphatic carboxylic acids is 1. The molecule has 0 unspecified atom stereocenters. The number of carboxylic acids is 1. The maximum atomic E-state index is 10.3. The molecule has 0 fully saturated rings. The fraction of sp³-hybridized carbons (Fsp3) is 0.846. The summed E-state index contributed by atoms with van der Waals surface area (Å²) in [6.07, 6.45) is 47.5. The molecule has 4 nitrogen and oxygen atoms in total. The molecular formula is C39H74N2O2. The third-order valence-electron chi connectivity index (χ3n) is 8.37. The van der Waals surface area contributed by atoms with Crippen LogP contribution in [0, 0.1) is 0 Å². The zero-order chi connectivity index (χ0) is 31.3. The minimum atomic E-state index is -0.664. The summed E-state index contributed by atoms with van der Waals surface area (Å²) < 4.78 is 0. The summed E-state index contributed by atoms with van der Waals surface area (Å²) in [7, 11) is 0. The van der Waals surface area contributed by atoms with Gasteiger partial charge in [-0.25, -0.2) is 0 Å². The molecule has 0 aliphatic carbocycles. The highest BCUT2D eigenvalue weighted by molar-refractivity contribution is 5.66. The predicted octanol–water partition coefficient (Wildman–Crippen LogP) is 12.5. The second kappa shape index (κ2) is 36.6. The Morgan fingerprint density at radius 2 is 0.953 bits per heavy atom. The fourth-order valence-electron chi connectivity index (χ4n) is 5.50. The maximum absolute atomic E-state index is 10.3. The third kappa shape index (κ3) is 36.5. The molecule has 0 aromatic heterocycles. The van der Waals surface area contributed by atoms with Gasteiger partial charge in [-0.1, -0.05) is 147 Å². The van der Waals surface area contributed by atoms with E-state index in [1.165, 1.54) is 167 Å². The Bertz CT molecular complexity index is 643. The van der Waals surface area contributed by atoms with Gasteiger partial charge < -0.3 is 10.0 Å². The Morgan fingerprint density at radius 1 is 0.581 bits per heavy atom. The summed E-state index contributed by atoms with van der Waals surface area (Å²) in [5, 5.41) is 8.51. The van der Waals surface area contributed by atoms with Crippen LogP contribution in [0.15, 0.2) is 29.3 Å². The molecule has 0 bridgehead atoms. The van der Waals surface area contributed by atoms with Gasteiger partial charge in [0.25, 0.3) is 0 Å². The summed E-state index contributed by atoms with van der Waals surface area (Å²) in [5.41, 5.74) is 0. The predicted molar refractivity (Wildman–Crippen MR) is 191 cm³/mol. The monoisotopic (exact) mass is 603 g/mol. The first kappa shape index (κ1) is 41.4. The van der Waals surface area contributed by atoms with Crippen LogP contribution in [0.3, 0.4) is 0 Å². The van der Waals surface area contributed by atoms with E-state index in [1.54, 1.807) is 0 Å². The topological polar surface area (TPSA) is 52.9 Å². The van der Waals surface area contributed by atoms with Crippen molar-refractivity contribution in [3.05, 3.63) is 24.3 Å². The molecule has 0 aromatic carbocycles. The third-order valence-corrected chi connectivity index (χ3v) is 8.37. The summed E-state index contributed by atoms with van der Waals surface area (Å²) in [6.45, 7) is 7.91. The van der Waals surface area contributed by atoms with Crippen molar-refractivity contribution in [1.29, 1.82) is 0 Å². The molecule has 252 valence electrons. The van der Waals surface area contributed by atoms with Crippen molar-refractivity contribution >= 4 is 12.3 Å². The van der Waals surface area contributed by atoms with Crippen molar-refractivity contribution in [2.75, 3.05) is 19.6 Å². The van der Waals surface area contributed by atoms with Crippen molar-refractivity contribution < 1.29 is 9.90 Å². The quantitative estimate of drug-likeness (QED) is 0.0634. The molecule has 1 N–H and O–H groups in total. The highest BCUT2D eigenvalue weighted by Crippen LogP contribution is 2.11. The average molecular weight is 603 g/mol. The highest BCUT2D eigenvalue weighted by atomic mass is 16.4. The normalized spacial score (nSPS) is 12.9. The van der Waals surface area contributed by atoms with Crippen LogP contribution >= 0.6 is 0 Å². The molecule has 1 aliphatic heterocycles. The van der Waals surface area contributed by atoms with Crippen LogP contribution < -0.4 is 0 Å². The summed E-state index contributed by atoms with van der Waals surface area (Å²) in [6, 6.07) is 0. The molecular weight excluding hydrogens is 528 g/mol. The number of hydrogen-bond acceptors (Lipinski definition) is 3. The van der Waals surface area contributed by atoms with Crippen LogP contribution in [0.5, 0.6) is 0 Å². The first-order valence-electron chi connectivity index (χ1n) is 19.0. The minimum Gasteiger partial charge on any atom is -0.481 e. The van der Waals surface area contributed by atoms with Gasteiger partial charge in [-0.05, 0) is 64.2 Å². The van der Waals surface area contributed by atoms with Crippen molar-refractivity contribution in [1.82, 2.24) is 4.90 Å². The number of carbonyl (C=O) groups is 1. The smallest absolute Gasteiger partial charge is 0.303 e. The van der Waals surface area contributed by atoms with Crippen molar-refractivity contribution in [3.63, 3.8) is 0 Å². The van der Waals surface area contributed by atoms with Gasteiger partial charge in [-0.15, -0.1) is 0 Å². The van der Waals surface area contributed by atoms with Gasteiger partial charge in [0.05, 0.1) is 12.9 Å². The Morgan fingerprint density at radius 3 is 1.33 bits per heavy atom. The van der Waals surface area contributed by atoms with E-state index in [1.807, 2.05) is 6.34 Å². The largest absolute Gasteiger partial charge is 0.481 e. The van der Waals surface area contributed by atoms with Gasteiger partial charge in [0.1, 0.15) is 0 Å². The number of allylic oxidation sites excluding steroid dienone is 4. The minimum absolute atomic E-state index is 0.332. The van der Waals surface area contributed by atoms with E-state index in [4.69, 9.17) is 5.11 Å². The van der Waals surface area contributed by atoms with Crippen LogP contribution in [-0.2, 0) is 4.79 Å². The molecule has 1 heterocycles. The van der Waals surface area contributed by atoms with Gasteiger partial charge in [-0.3, -0.25) is 9.79 Å².